The second-order valence-corrected chi connectivity index (χ2v) is 5.50. The van der Waals surface area contributed by atoms with E-state index in [9.17, 15) is 5.11 Å². The molecule has 0 bridgehead atoms. The van der Waals surface area contributed by atoms with Crippen LogP contribution < -0.4 is 5.73 Å². The molecule has 0 saturated heterocycles. The van der Waals surface area contributed by atoms with E-state index in [1.54, 1.807) is 0 Å². The summed E-state index contributed by atoms with van der Waals surface area (Å²) in [6.45, 7) is 4.78. The Morgan fingerprint density at radius 3 is 2.29 bits per heavy atom. The zero-order valence-corrected chi connectivity index (χ0v) is 10.9. The van der Waals surface area contributed by atoms with Gasteiger partial charge in [-0.1, -0.05) is 25.3 Å². The molecule has 0 atom stereocenters. The first-order valence-corrected chi connectivity index (χ1v) is 6.60. The summed E-state index contributed by atoms with van der Waals surface area (Å²) in [6, 6.07) is 4.03. The predicted molar refractivity (Wildman–Crippen MR) is 71.4 cm³/mol. The first-order valence-electron chi connectivity index (χ1n) is 6.60. The third-order valence-corrected chi connectivity index (χ3v) is 4.38. The summed E-state index contributed by atoms with van der Waals surface area (Å²) in [6.07, 6.45) is 5.97. The summed E-state index contributed by atoms with van der Waals surface area (Å²) in [5, 5.41) is 10.2. The maximum Gasteiger partial charge on any atom is 0.119 e. The van der Waals surface area contributed by atoms with Gasteiger partial charge < -0.3 is 10.8 Å². The van der Waals surface area contributed by atoms with Crippen LogP contribution in [0.5, 0.6) is 5.75 Å². The second-order valence-electron chi connectivity index (χ2n) is 5.50. The highest BCUT2D eigenvalue weighted by Gasteiger charge is 2.34. The monoisotopic (exact) mass is 233 g/mol. The standard InChI is InChI=1S/C15H23NO/c1-11-8-13(14(17)9-12(11)2)15(10-16)6-4-3-5-7-15/h8-9,17H,3-7,10,16H2,1-2H3. The molecule has 1 fully saturated rings. The van der Waals surface area contributed by atoms with Gasteiger partial charge >= 0.3 is 0 Å². The molecule has 1 aliphatic rings. The minimum atomic E-state index is 0.0147. The van der Waals surface area contributed by atoms with Crippen molar-refractivity contribution in [1.82, 2.24) is 0 Å². The lowest BCUT2D eigenvalue weighted by Crippen LogP contribution is -2.37. The van der Waals surface area contributed by atoms with Crippen LogP contribution in [0.3, 0.4) is 0 Å². The molecule has 0 aliphatic heterocycles. The van der Waals surface area contributed by atoms with E-state index >= 15 is 0 Å². The third-order valence-electron chi connectivity index (χ3n) is 4.38. The number of phenols is 1. The van der Waals surface area contributed by atoms with Crippen LogP contribution in [0, 0.1) is 13.8 Å². The third kappa shape index (κ3) is 2.19. The quantitative estimate of drug-likeness (QED) is 0.824. The zero-order chi connectivity index (χ0) is 12.5. The first-order chi connectivity index (χ1) is 8.09. The Balaban J connectivity index is 2.46. The van der Waals surface area contributed by atoms with E-state index in [2.05, 4.69) is 13.0 Å². The zero-order valence-electron chi connectivity index (χ0n) is 10.9. The molecule has 1 aliphatic carbocycles. The molecule has 2 nitrogen and oxygen atoms in total. The molecule has 0 spiro atoms. The van der Waals surface area contributed by atoms with Crippen LogP contribution in [0.25, 0.3) is 0 Å². The lowest BCUT2D eigenvalue weighted by Gasteiger charge is -2.37. The molecule has 1 aromatic carbocycles. The van der Waals surface area contributed by atoms with Gasteiger partial charge in [0.05, 0.1) is 0 Å². The fourth-order valence-electron chi connectivity index (χ4n) is 3.04. The molecular weight excluding hydrogens is 210 g/mol. The Labute approximate surface area is 104 Å². The number of phenolic OH excluding ortho intramolecular Hbond substituents is 1. The molecular formula is C15H23NO. The average molecular weight is 233 g/mol. The first kappa shape index (κ1) is 12.4. The molecule has 2 heteroatoms. The van der Waals surface area contributed by atoms with Crippen LogP contribution in [-0.2, 0) is 5.41 Å². The van der Waals surface area contributed by atoms with Crippen molar-refractivity contribution in [1.29, 1.82) is 0 Å². The van der Waals surface area contributed by atoms with Gasteiger partial charge in [0.15, 0.2) is 0 Å². The van der Waals surface area contributed by atoms with E-state index in [-0.39, 0.29) is 5.41 Å². The molecule has 17 heavy (non-hydrogen) atoms. The topological polar surface area (TPSA) is 46.2 Å². The van der Waals surface area contributed by atoms with Gasteiger partial charge in [0.1, 0.15) is 5.75 Å². The van der Waals surface area contributed by atoms with Gasteiger partial charge in [0.25, 0.3) is 0 Å². The van der Waals surface area contributed by atoms with E-state index in [1.165, 1.54) is 24.8 Å². The van der Waals surface area contributed by atoms with Crippen LogP contribution in [-0.4, -0.2) is 11.7 Å². The maximum atomic E-state index is 10.2. The van der Waals surface area contributed by atoms with Gasteiger partial charge in [-0.15, -0.1) is 0 Å². The number of rotatable bonds is 2. The molecule has 0 heterocycles. The minimum Gasteiger partial charge on any atom is -0.508 e. The molecule has 2 rings (SSSR count). The number of aromatic hydroxyl groups is 1. The van der Waals surface area contributed by atoms with Crippen molar-refractivity contribution in [3.8, 4) is 5.75 Å². The minimum absolute atomic E-state index is 0.0147. The van der Waals surface area contributed by atoms with Crippen molar-refractivity contribution >= 4 is 0 Å². The van der Waals surface area contributed by atoms with E-state index in [1.807, 2.05) is 13.0 Å². The normalized spacial score (nSPS) is 19.2. The summed E-state index contributed by atoms with van der Waals surface area (Å²) in [5.74, 6) is 0.431. The lowest BCUT2D eigenvalue weighted by atomic mass is 9.68. The number of aryl methyl sites for hydroxylation is 2. The number of benzene rings is 1. The Morgan fingerprint density at radius 2 is 1.71 bits per heavy atom. The van der Waals surface area contributed by atoms with E-state index < -0.39 is 0 Å². The van der Waals surface area contributed by atoms with Crippen LogP contribution in [0.2, 0.25) is 0 Å². The molecule has 0 amide bonds. The summed E-state index contributed by atoms with van der Waals surface area (Å²) in [5.41, 5.74) is 9.50. The smallest absolute Gasteiger partial charge is 0.119 e. The summed E-state index contributed by atoms with van der Waals surface area (Å²) >= 11 is 0. The number of hydrogen-bond acceptors (Lipinski definition) is 2. The van der Waals surface area contributed by atoms with Crippen molar-refractivity contribution in [3.63, 3.8) is 0 Å². The lowest BCUT2D eigenvalue weighted by molar-refractivity contribution is 0.290. The Kier molecular flexibility index (Phi) is 3.43. The summed E-state index contributed by atoms with van der Waals surface area (Å²) in [7, 11) is 0. The van der Waals surface area contributed by atoms with Gasteiger partial charge in [-0.05, 0) is 43.9 Å². The summed E-state index contributed by atoms with van der Waals surface area (Å²) in [4.78, 5) is 0. The molecule has 94 valence electrons. The molecule has 1 aromatic rings. The van der Waals surface area contributed by atoms with Crippen LogP contribution in [0.1, 0.15) is 48.8 Å². The fraction of sp³-hybridized carbons (Fsp3) is 0.600. The van der Waals surface area contributed by atoms with Crippen molar-refractivity contribution in [3.05, 3.63) is 28.8 Å². The molecule has 0 unspecified atom stereocenters. The van der Waals surface area contributed by atoms with Gasteiger partial charge in [-0.25, -0.2) is 0 Å². The highest BCUT2D eigenvalue weighted by molar-refractivity contribution is 5.45. The van der Waals surface area contributed by atoms with Gasteiger partial charge in [0.2, 0.25) is 0 Å². The van der Waals surface area contributed by atoms with Crippen molar-refractivity contribution in [2.75, 3.05) is 6.54 Å². The van der Waals surface area contributed by atoms with E-state index in [0.717, 1.165) is 24.0 Å². The van der Waals surface area contributed by atoms with Crippen molar-refractivity contribution < 1.29 is 5.11 Å². The van der Waals surface area contributed by atoms with Crippen LogP contribution >= 0.6 is 0 Å². The van der Waals surface area contributed by atoms with Gasteiger partial charge in [0, 0.05) is 17.5 Å². The number of hydrogen-bond donors (Lipinski definition) is 2. The largest absolute Gasteiger partial charge is 0.508 e. The van der Waals surface area contributed by atoms with Gasteiger partial charge in [-0.2, -0.15) is 0 Å². The fourth-order valence-corrected chi connectivity index (χ4v) is 3.04. The van der Waals surface area contributed by atoms with Crippen LogP contribution in [0.15, 0.2) is 12.1 Å². The average Bonchev–Trinajstić information content (AvgIpc) is 2.34. The second kappa shape index (κ2) is 4.69. The van der Waals surface area contributed by atoms with E-state index in [0.29, 0.717) is 12.3 Å². The Morgan fingerprint density at radius 1 is 1.12 bits per heavy atom. The van der Waals surface area contributed by atoms with Gasteiger partial charge in [-0.3, -0.25) is 0 Å². The molecule has 3 N–H and O–H groups in total. The SMILES string of the molecule is Cc1cc(O)c(C2(CN)CCCCC2)cc1C. The maximum absolute atomic E-state index is 10.2. The van der Waals surface area contributed by atoms with Crippen molar-refractivity contribution in [2.24, 2.45) is 5.73 Å². The van der Waals surface area contributed by atoms with Crippen LogP contribution in [0.4, 0.5) is 0 Å². The highest BCUT2D eigenvalue weighted by Crippen LogP contribution is 2.43. The molecule has 0 aromatic heterocycles. The summed E-state index contributed by atoms with van der Waals surface area (Å²) < 4.78 is 0. The Bertz CT molecular complexity index is 406. The Hall–Kier alpha value is -1.02. The van der Waals surface area contributed by atoms with Crippen molar-refractivity contribution in [2.45, 2.75) is 51.4 Å². The van der Waals surface area contributed by atoms with E-state index in [4.69, 9.17) is 5.73 Å². The number of nitrogens with two attached hydrogens (primary N) is 1. The molecule has 0 radical (unpaired) electrons. The highest BCUT2D eigenvalue weighted by atomic mass is 16.3. The predicted octanol–water partition coefficient (Wildman–Crippen LogP) is 3.17. The molecule has 1 saturated carbocycles.